The Labute approximate surface area is 125 Å². The number of nitrogens with zero attached hydrogens (tertiary/aromatic N) is 2. The molecule has 3 aromatic rings. The van der Waals surface area contributed by atoms with Crippen LogP contribution in [-0.2, 0) is 0 Å². The Morgan fingerprint density at radius 3 is 2.68 bits per heavy atom. The van der Waals surface area contributed by atoms with Gasteiger partial charge in [0.1, 0.15) is 11.3 Å². The van der Waals surface area contributed by atoms with E-state index in [4.69, 9.17) is 10.4 Å². The topological polar surface area (TPSA) is 94.2 Å². The minimum absolute atomic E-state index is 0.164. The molecule has 1 heterocycles. The first-order valence-corrected chi connectivity index (χ1v) is 6.45. The van der Waals surface area contributed by atoms with Gasteiger partial charge in [-0.05, 0) is 41.5 Å². The number of carboxylic acids is 1. The van der Waals surface area contributed by atoms with E-state index in [-0.39, 0.29) is 11.3 Å². The van der Waals surface area contributed by atoms with Gasteiger partial charge in [-0.15, -0.1) is 0 Å². The Bertz CT molecular complexity index is 942. The lowest BCUT2D eigenvalue weighted by atomic mass is 9.97. The summed E-state index contributed by atoms with van der Waals surface area (Å²) in [4.78, 5) is 15.2. The number of hydrogen-bond donors (Lipinski definition) is 2. The van der Waals surface area contributed by atoms with Crippen molar-refractivity contribution in [3.05, 3.63) is 59.8 Å². The van der Waals surface area contributed by atoms with Crippen molar-refractivity contribution in [2.45, 2.75) is 0 Å². The maximum atomic E-state index is 11.0. The zero-order chi connectivity index (χ0) is 15.7. The maximum absolute atomic E-state index is 11.0. The van der Waals surface area contributed by atoms with E-state index in [1.165, 1.54) is 12.1 Å². The molecule has 0 saturated heterocycles. The van der Waals surface area contributed by atoms with Crippen LogP contribution in [0.15, 0.2) is 48.7 Å². The van der Waals surface area contributed by atoms with Gasteiger partial charge in [-0.3, -0.25) is 4.98 Å². The van der Waals surface area contributed by atoms with Crippen LogP contribution < -0.4 is 0 Å². The van der Waals surface area contributed by atoms with Gasteiger partial charge in [0, 0.05) is 11.6 Å². The molecule has 3 rings (SSSR count). The molecule has 1 aromatic heterocycles. The van der Waals surface area contributed by atoms with E-state index in [1.807, 2.05) is 6.07 Å². The third-order valence-corrected chi connectivity index (χ3v) is 3.39. The molecule has 0 saturated carbocycles. The molecule has 0 unspecified atom stereocenters. The van der Waals surface area contributed by atoms with Crippen LogP contribution in [0.5, 0.6) is 5.75 Å². The number of hydrogen-bond acceptors (Lipinski definition) is 4. The summed E-state index contributed by atoms with van der Waals surface area (Å²) >= 11 is 0. The standard InChI is InChI=1S/C17H10N2O3/c18-9-10-6-14(12-2-1-5-19-15(12)7-10)11-3-4-13(17(21)22)16(20)8-11/h1-8,20H,(H,21,22). The van der Waals surface area contributed by atoms with Gasteiger partial charge in [0.05, 0.1) is 17.1 Å². The van der Waals surface area contributed by atoms with Gasteiger partial charge in [0.2, 0.25) is 0 Å². The van der Waals surface area contributed by atoms with Crippen LogP contribution in [0.25, 0.3) is 22.0 Å². The average Bonchev–Trinajstić information content (AvgIpc) is 2.53. The van der Waals surface area contributed by atoms with Crippen LogP contribution in [-0.4, -0.2) is 21.2 Å². The molecule has 2 aromatic carbocycles. The predicted molar refractivity (Wildman–Crippen MR) is 80.5 cm³/mol. The highest BCUT2D eigenvalue weighted by Crippen LogP contribution is 2.32. The molecule has 0 radical (unpaired) electrons. The summed E-state index contributed by atoms with van der Waals surface area (Å²) in [6.07, 6.45) is 1.64. The number of benzene rings is 2. The van der Waals surface area contributed by atoms with Crippen molar-refractivity contribution in [3.63, 3.8) is 0 Å². The first kappa shape index (κ1) is 13.6. The van der Waals surface area contributed by atoms with Crippen LogP contribution in [0.3, 0.4) is 0 Å². The molecule has 5 heteroatoms. The second kappa shape index (κ2) is 5.19. The third-order valence-electron chi connectivity index (χ3n) is 3.39. The Kier molecular flexibility index (Phi) is 3.20. The Hall–Kier alpha value is -3.39. The molecular formula is C17H10N2O3. The highest BCUT2D eigenvalue weighted by molar-refractivity contribution is 5.97. The number of nitriles is 1. The summed E-state index contributed by atoms with van der Waals surface area (Å²) in [7, 11) is 0. The molecule has 0 aliphatic carbocycles. The molecule has 0 amide bonds. The highest BCUT2D eigenvalue weighted by atomic mass is 16.4. The fourth-order valence-electron chi connectivity index (χ4n) is 2.37. The van der Waals surface area contributed by atoms with Crippen LogP contribution in [0.2, 0.25) is 0 Å². The Balaban J connectivity index is 2.28. The quantitative estimate of drug-likeness (QED) is 0.756. The fraction of sp³-hybridized carbons (Fsp3) is 0. The highest BCUT2D eigenvalue weighted by Gasteiger charge is 2.13. The predicted octanol–water partition coefficient (Wildman–Crippen LogP) is 3.18. The molecule has 22 heavy (non-hydrogen) atoms. The summed E-state index contributed by atoms with van der Waals surface area (Å²) < 4.78 is 0. The van der Waals surface area contributed by atoms with Gasteiger partial charge >= 0.3 is 5.97 Å². The summed E-state index contributed by atoms with van der Waals surface area (Å²) in [5.41, 5.74) is 2.29. The van der Waals surface area contributed by atoms with Crippen molar-refractivity contribution in [3.8, 4) is 22.9 Å². The Morgan fingerprint density at radius 2 is 2.00 bits per heavy atom. The largest absolute Gasteiger partial charge is 0.507 e. The number of carbonyl (C=O) groups is 1. The molecular weight excluding hydrogens is 280 g/mol. The summed E-state index contributed by atoms with van der Waals surface area (Å²) in [6.45, 7) is 0. The van der Waals surface area contributed by atoms with Crippen LogP contribution in [0, 0.1) is 11.3 Å². The number of rotatable bonds is 2. The fourth-order valence-corrected chi connectivity index (χ4v) is 2.37. The number of phenols is 1. The van der Waals surface area contributed by atoms with Crippen LogP contribution in [0.1, 0.15) is 15.9 Å². The summed E-state index contributed by atoms with van der Waals surface area (Å²) in [6, 6.07) is 13.4. The lowest BCUT2D eigenvalue weighted by Gasteiger charge is -2.09. The molecule has 2 N–H and O–H groups in total. The molecule has 0 bridgehead atoms. The molecule has 0 fully saturated rings. The van der Waals surface area contributed by atoms with E-state index in [0.29, 0.717) is 16.6 Å². The molecule has 0 aliphatic rings. The van der Waals surface area contributed by atoms with E-state index in [0.717, 1.165) is 10.9 Å². The van der Waals surface area contributed by atoms with Crippen molar-refractivity contribution < 1.29 is 15.0 Å². The van der Waals surface area contributed by atoms with Crippen molar-refractivity contribution in [2.75, 3.05) is 0 Å². The van der Waals surface area contributed by atoms with Gasteiger partial charge in [-0.25, -0.2) is 4.79 Å². The molecule has 0 atom stereocenters. The van der Waals surface area contributed by atoms with Gasteiger partial charge in [0.25, 0.3) is 0 Å². The van der Waals surface area contributed by atoms with Crippen LogP contribution in [0.4, 0.5) is 0 Å². The number of aromatic nitrogens is 1. The number of pyridine rings is 1. The smallest absolute Gasteiger partial charge is 0.339 e. The number of aromatic carboxylic acids is 1. The van der Waals surface area contributed by atoms with Crippen LogP contribution >= 0.6 is 0 Å². The second-order valence-corrected chi connectivity index (χ2v) is 4.74. The van der Waals surface area contributed by atoms with Gasteiger partial charge in [-0.2, -0.15) is 5.26 Å². The zero-order valence-electron chi connectivity index (χ0n) is 11.3. The molecule has 0 aliphatic heterocycles. The van der Waals surface area contributed by atoms with E-state index in [2.05, 4.69) is 11.1 Å². The minimum atomic E-state index is -1.19. The molecule has 5 nitrogen and oxygen atoms in total. The lowest BCUT2D eigenvalue weighted by molar-refractivity contribution is 0.0694. The van der Waals surface area contributed by atoms with Crippen molar-refractivity contribution >= 4 is 16.9 Å². The normalized spacial score (nSPS) is 10.3. The molecule has 106 valence electrons. The number of fused-ring (bicyclic) bond motifs is 1. The number of aromatic hydroxyl groups is 1. The monoisotopic (exact) mass is 290 g/mol. The van der Waals surface area contributed by atoms with Crippen molar-refractivity contribution in [1.82, 2.24) is 4.98 Å². The second-order valence-electron chi connectivity index (χ2n) is 4.74. The summed E-state index contributed by atoms with van der Waals surface area (Å²) in [5, 5.41) is 28.8. The van der Waals surface area contributed by atoms with Gasteiger partial charge in [-0.1, -0.05) is 12.1 Å². The van der Waals surface area contributed by atoms with E-state index < -0.39 is 5.97 Å². The first-order chi connectivity index (χ1) is 10.6. The zero-order valence-corrected chi connectivity index (χ0v) is 11.3. The Morgan fingerprint density at radius 1 is 1.18 bits per heavy atom. The molecule has 0 spiro atoms. The van der Waals surface area contributed by atoms with E-state index in [9.17, 15) is 9.90 Å². The van der Waals surface area contributed by atoms with Gasteiger partial charge in [0.15, 0.2) is 0 Å². The third kappa shape index (κ3) is 2.23. The minimum Gasteiger partial charge on any atom is -0.507 e. The van der Waals surface area contributed by atoms with Crippen molar-refractivity contribution in [1.29, 1.82) is 5.26 Å². The first-order valence-electron chi connectivity index (χ1n) is 6.45. The average molecular weight is 290 g/mol. The number of carboxylic acid groups (broad SMARTS) is 1. The maximum Gasteiger partial charge on any atom is 0.339 e. The van der Waals surface area contributed by atoms with Crippen molar-refractivity contribution in [2.24, 2.45) is 0 Å². The SMILES string of the molecule is N#Cc1cc(-c2ccc(C(=O)O)c(O)c2)c2cccnc2c1. The lowest BCUT2D eigenvalue weighted by Crippen LogP contribution is -1.96. The van der Waals surface area contributed by atoms with Gasteiger partial charge < -0.3 is 10.2 Å². The van der Waals surface area contributed by atoms with E-state index in [1.54, 1.807) is 30.5 Å². The summed E-state index contributed by atoms with van der Waals surface area (Å²) in [5.74, 6) is -1.51. The van der Waals surface area contributed by atoms with E-state index >= 15 is 0 Å².